The summed E-state index contributed by atoms with van der Waals surface area (Å²) in [6, 6.07) is 16.0. The summed E-state index contributed by atoms with van der Waals surface area (Å²) >= 11 is 1.55. The molecule has 156 valence electrons. The van der Waals surface area contributed by atoms with Crippen LogP contribution in [0.4, 0.5) is 10.2 Å². The van der Waals surface area contributed by atoms with Gasteiger partial charge in [0.25, 0.3) is 0 Å². The molecule has 4 nitrogen and oxygen atoms in total. The Morgan fingerprint density at radius 3 is 2.65 bits per heavy atom. The molecule has 1 N–H and O–H groups in total. The van der Waals surface area contributed by atoms with E-state index in [0.29, 0.717) is 5.56 Å². The SMILES string of the molecule is CC(C)(C)Nc1c(-c2ccc(C#Cc3ccc(F)c(C#N)c3)s2)nc2ccccn12.Cl. The van der Waals surface area contributed by atoms with Gasteiger partial charge in [-0.25, -0.2) is 9.37 Å². The number of anilines is 1. The van der Waals surface area contributed by atoms with Crippen LogP contribution in [0.2, 0.25) is 0 Å². The standard InChI is InChI=1S/C24H19FN4S.ClH/c1-24(2,3)28-23-22(27-21-6-4-5-13-29(21)23)20-12-10-18(30-20)9-7-16-8-11-19(25)17(14-16)15-26;/h4-6,8,10-14,28H,1-3H3;1H. The average molecular weight is 451 g/mol. The van der Waals surface area contributed by atoms with Crippen molar-refractivity contribution in [1.82, 2.24) is 9.38 Å². The van der Waals surface area contributed by atoms with Crippen molar-refractivity contribution >= 4 is 35.2 Å². The first-order chi connectivity index (χ1) is 14.3. The van der Waals surface area contributed by atoms with Crippen LogP contribution < -0.4 is 5.32 Å². The molecule has 0 aliphatic heterocycles. The van der Waals surface area contributed by atoms with Crippen molar-refractivity contribution in [3.8, 4) is 28.5 Å². The summed E-state index contributed by atoms with van der Waals surface area (Å²) in [5.74, 6) is 6.52. The predicted octanol–water partition coefficient (Wildman–Crippen LogP) is 6.11. The van der Waals surface area contributed by atoms with Crippen LogP contribution in [0.1, 0.15) is 36.8 Å². The molecule has 0 unspecified atom stereocenters. The Balaban J connectivity index is 0.00000272. The van der Waals surface area contributed by atoms with E-state index >= 15 is 0 Å². The first kappa shape index (κ1) is 22.4. The topological polar surface area (TPSA) is 53.1 Å². The fourth-order valence-corrected chi connectivity index (χ4v) is 3.85. The normalized spacial score (nSPS) is 10.7. The highest BCUT2D eigenvalue weighted by Gasteiger charge is 2.20. The maximum atomic E-state index is 13.5. The van der Waals surface area contributed by atoms with Crippen LogP contribution in [-0.2, 0) is 0 Å². The number of halogens is 2. The third kappa shape index (κ3) is 4.88. The number of benzene rings is 1. The van der Waals surface area contributed by atoms with Gasteiger partial charge in [-0.15, -0.1) is 23.7 Å². The summed E-state index contributed by atoms with van der Waals surface area (Å²) in [4.78, 5) is 6.69. The Kier molecular flexibility index (Phi) is 6.36. The largest absolute Gasteiger partial charge is 0.365 e. The van der Waals surface area contributed by atoms with Crippen LogP contribution in [0.3, 0.4) is 0 Å². The summed E-state index contributed by atoms with van der Waals surface area (Å²) < 4.78 is 15.5. The number of hydrogen-bond acceptors (Lipinski definition) is 4. The summed E-state index contributed by atoms with van der Waals surface area (Å²) in [5.41, 5.74) is 2.22. The number of pyridine rings is 1. The number of imidazole rings is 1. The molecule has 3 heterocycles. The van der Waals surface area contributed by atoms with Crippen molar-refractivity contribution in [3.05, 3.63) is 76.5 Å². The van der Waals surface area contributed by atoms with Crippen LogP contribution in [0.15, 0.2) is 54.7 Å². The lowest BCUT2D eigenvalue weighted by atomic mass is 10.1. The number of nitrogens with zero attached hydrogens (tertiary/aromatic N) is 3. The lowest BCUT2D eigenvalue weighted by molar-refractivity contribution is 0.624. The molecular formula is C24H20ClFN4S. The Morgan fingerprint density at radius 2 is 1.90 bits per heavy atom. The van der Waals surface area contributed by atoms with Gasteiger partial charge in [-0.3, -0.25) is 4.40 Å². The van der Waals surface area contributed by atoms with E-state index in [1.807, 2.05) is 47.0 Å². The Bertz CT molecular complexity index is 1350. The molecule has 7 heteroatoms. The lowest BCUT2D eigenvalue weighted by Crippen LogP contribution is -2.27. The lowest BCUT2D eigenvalue weighted by Gasteiger charge is -2.22. The predicted molar refractivity (Wildman–Crippen MR) is 126 cm³/mol. The van der Waals surface area contributed by atoms with Gasteiger partial charge >= 0.3 is 0 Å². The van der Waals surface area contributed by atoms with Crippen molar-refractivity contribution in [2.45, 2.75) is 26.3 Å². The second-order valence-corrected chi connectivity index (χ2v) is 8.92. The van der Waals surface area contributed by atoms with E-state index in [-0.39, 0.29) is 23.5 Å². The maximum Gasteiger partial charge on any atom is 0.141 e. The van der Waals surface area contributed by atoms with Gasteiger partial charge in [0.15, 0.2) is 0 Å². The minimum absolute atomic E-state index is 0. The molecule has 0 amide bonds. The molecule has 0 bridgehead atoms. The van der Waals surface area contributed by atoms with E-state index < -0.39 is 5.82 Å². The van der Waals surface area contributed by atoms with Crippen LogP contribution in [-0.4, -0.2) is 14.9 Å². The number of hydrogen-bond donors (Lipinski definition) is 1. The van der Waals surface area contributed by atoms with Gasteiger partial charge in [-0.05, 0) is 63.2 Å². The Labute approximate surface area is 190 Å². The number of rotatable bonds is 2. The molecule has 1 aromatic carbocycles. The Hall–Kier alpha value is -3.32. The monoisotopic (exact) mass is 450 g/mol. The van der Waals surface area contributed by atoms with Gasteiger partial charge in [0.1, 0.15) is 29.0 Å². The first-order valence-corrected chi connectivity index (χ1v) is 10.2. The first-order valence-electron chi connectivity index (χ1n) is 9.41. The smallest absolute Gasteiger partial charge is 0.141 e. The van der Waals surface area contributed by atoms with Crippen LogP contribution in [0.5, 0.6) is 0 Å². The van der Waals surface area contributed by atoms with Gasteiger partial charge < -0.3 is 5.32 Å². The van der Waals surface area contributed by atoms with E-state index in [9.17, 15) is 4.39 Å². The quantitative estimate of drug-likeness (QED) is 0.375. The summed E-state index contributed by atoms with van der Waals surface area (Å²) in [7, 11) is 0. The molecule has 4 rings (SSSR count). The zero-order valence-electron chi connectivity index (χ0n) is 17.2. The molecule has 3 aromatic heterocycles. The zero-order valence-corrected chi connectivity index (χ0v) is 18.9. The minimum Gasteiger partial charge on any atom is -0.365 e. The third-order valence-corrected chi connectivity index (χ3v) is 5.29. The van der Waals surface area contributed by atoms with Gasteiger partial charge in [0, 0.05) is 17.3 Å². The summed E-state index contributed by atoms with van der Waals surface area (Å²) in [6.07, 6.45) is 2.00. The highest BCUT2D eigenvalue weighted by Crippen LogP contribution is 2.35. The molecule has 0 fully saturated rings. The molecule has 0 aliphatic rings. The van der Waals surface area contributed by atoms with E-state index in [2.05, 4.69) is 37.9 Å². The van der Waals surface area contributed by atoms with Crippen molar-refractivity contribution in [2.24, 2.45) is 0 Å². The minimum atomic E-state index is -0.535. The highest BCUT2D eigenvalue weighted by molar-refractivity contribution is 7.16. The van der Waals surface area contributed by atoms with Crippen LogP contribution >= 0.6 is 23.7 Å². The molecular weight excluding hydrogens is 431 g/mol. The summed E-state index contributed by atoms with van der Waals surface area (Å²) in [5, 5.41) is 12.5. The molecule has 0 atom stereocenters. The third-order valence-electron chi connectivity index (χ3n) is 4.28. The molecule has 0 aliphatic carbocycles. The fourth-order valence-electron chi connectivity index (χ4n) is 3.00. The van der Waals surface area contributed by atoms with Gasteiger partial charge in [-0.2, -0.15) is 5.26 Å². The molecule has 0 saturated carbocycles. The molecule has 0 saturated heterocycles. The average Bonchev–Trinajstić information content (AvgIpc) is 3.31. The van der Waals surface area contributed by atoms with E-state index in [0.717, 1.165) is 26.9 Å². The molecule has 4 aromatic rings. The van der Waals surface area contributed by atoms with Crippen LogP contribution in [0, 0.1) is 29.0 Å². The zero-order chi connectivity index (χ0) is 21.3. The second-order valence-electron chi connectivity index (χ2n) is 7.83. The van der Waals surface area contributed by atoms with Gasteiger partial charge in [0.05, 0.1) is 15.3 Å². The molecule has 0 spiro atoms. The van der Waals surface area contributed by atoms with Crippen molar-refractivity contribution in [2.75, 3.05) is 5.32 Å². The number of aromatic nitrogens is 2. The van der Waals surface area contributed by atoms with Gasteiger partial charge in [0.2, 0.25) is 0 Å². The number of fused-ring (bicyclic) bond motifs is 1. The second kappa shape index (κ2) is 8.81. The Morgan fingerprint density at radius 1 is 1.10 bits per heavy atom. The van der Waals surface area contributed by atoms with E-state index in [1.54, 1.807) is 17.4 Å². The van der Waals surface area contributed by atoms with Crippen molar-refractivity contribution in [3.63, 3.8) is 0 Å². The molecule has 0 radical (unpaired) electrons. The summed E-state index contributed by atoms with van der Waals surface area (Å²) in [6.45, 7) is 6.34. The van der Waals surface area contributed by atoms with E-state index in [1.165, 1.54) is 12.1 Å². The van der Waals surface area contributed by atoms with Crippen LogP contribution in [0.25, 0.3) is 16.2 Å². The highest BCUT2D eigenvalue weighted by atomic mass is 35.5. The molecule has 31 heavy (non-hydrogen) atoms. The maximum absolute atomic E-state index is 13.5. The number of nitrogens with one attached hydrogen (secondary N) is 1. The number of thiophene rings is 1. The van der Waals surface area contributed by atoms with Crippen molar-refractivity contribution < 1.29 is 4.39 Å². The number of nitriles is 1. The van der Waals surface area contributed by atoms with Gasteiger partial charge in [-0.1, -0.05) is 17.9 Å². The fraction of sp³-hybridized carbons (Fsp3) is 0.167. The van der Waals surface area contributed by atoms with E-state index in [4.69, 9.17) is 10.2 Å². The van der Waals surface area contributed by atoms with Crippen molar-refractivity contribution in [1.29, 1.82) is 5.26 Å².